The Morgan fingerprint density at radius 1 is 0.381 bits per heavy atom. The van der Waals surface area contributed by atoms with Crippen LogP contribution in [0.15, 0.2) is 313 Å². The fourth-order valence-corrected chi connectivity index (χ4v) is 14.3. The van der Waals surface area contributed by atoms with Gasteiger partial charge in [0.2, 0.25) is 0 Å². The first-order valence-corrected chi connectivity index (χ1v) is 29.6. The molecule has 9 aromatic rings. The van der Waals surface area contributed by atoms with E-state index < -0.39 is 0 Å². The molecule has 4 heteroatoms. The maximum atomic E-state index is 3.30. The molecule has 0 heterocycles. The molecule has 14 rings (SSSR count). The van der Waals surface area contributed by atoms with Crippen LogP contribution in [0, 0.1) is 10.8 Å². The molecule has 0 spiro atoms. The highest BCUT2D eigenvalue weighted by atomic mass is 15.2. The number of hydrogen-bond donors (Lipinski definition) is 0. The van der Waals surface area contributed by atoms with E-state index in [2.05, 4.69) is 352 Å². The van der Waals surface area contributed by atoms with Gasteiger partial charge in [-0.2, -0.15) is 0 Å². The maximum Gasteiger partial charge on any atom is 0.0643 e. The second kappa shape index (κ2) is 20.6. The number of allylic oxidation sites excluding steroid dienone is 10. The predicted molar refractivity (Wildman–Crippen MR) is 353 cm³/mol. The Labute approximate surface area is 496 Å². The molecular formula is C80H68N4. The van der Waals surface area contributed by atoms with Crippen molar-refractivity contribution in [2.45, 2.75) is 65.3 Å². The Balaban J connectivity index is 0.739. The molecule has 0 saturated heterocycles. The summed E-state index contributed by atoms with van der Waals surface area (Å²) >= 11 is 0. The van der Waals surface area contributed by atoms with Gasteiger partial charge in [-0.25, -0.2) is 0 Å². The zero-order valence-corrected chi connectivity index (χ0v) is 48.8. The van der Waals surface area contributed by atoms with Gasteiger partial charge in [-0.05, 0) is 203 Å². The van der Waals surface area contributed by atoms with Crippen molar-refractivity contribution < 1.29 is 0 Å². The third-order valence-corrected chi connectivity index (χ3v) is 18.5. The molecule has 0 N–H and O–H groups in total. The predicted octanol–water partition coefficient (Wildman–Crippen LogP) is 21.4. The van der Waals surface area contributed by atoms with Crippen molar-refractivity contribution in [2.75, 3.05) is 19.6 Å². The van der Waals surface area contributed by atoms with E-state index in [4.69, 9.17) is 0 Å². The number of anilines is 10. The molecule has 0 fully saturated rings. The fourth-order valence-electron chi connectivity index (χ4n) is 14.3. The summed E-state index contributed by atoms with van der Waals surface area (Å²) in [6.07, 6.45) is 17.9. The third-order valence-electron chi connectivity index (χ3n) is 18.5. The first-order valence-electron chi connectivity index (χ1n) is 29.6. The van der Waals surface area contributed by atoms with Gasteiger partial charge in [0, 0.05) is 85.2 Å². The van der Waals surface area contributed by atoms with Crippen LogP contribution in [0.25, 0.3) is 16.7 Å². The van der Waals surface area contributed by atoms with Gasteiger partial charge in [0.15, 0.2) is 0 Å². The molecule has 4 nitrogen and oxygen atoms in total. The highest BCUT2D eigenvalue weighted by Gasteiger charge is 2.51. The zero-order chi connectivity index (χ0) is 57.2. The van der Waals surface area contributed by atoms with Crippen molar-refractivity contribution in [3.63, 3.8) is 0 Å². The summed E-state index contributed by atoms with van der Waals surface area (Å²) in [4.78, 5) is 9.68. The highest BCUT2D eigenvalue weighted by molar-refractivity contribution is 5.88. The van der Waals surface area contributed by atoms with Crippen LogP contribution in [0.5, 0.6) is 0 Å². The average Bonchev–Trinajstić information content (AvgIpc) is 1.92. The average molecular weight is 1090 g/mol. The lowest BCUT2D eigenvalue weighted by Crippen LogP contribution is -2.42. The molecule has 2 atom stereocenters. The van der Waals surface area contributed by atoms with Gasteiger partial charge in [0.1, 0.15) is 0 Å². The quantitative estimate of drug-likeness (QED) is 0.107. The Morgan fingerprint density at radius 2 is 0.821 bits per heavy atom. The molecule has 0 radical (unpaired) electrons. The minimum atomic E-state index is -0.348. The fraction of sp³-hybridized carbons (Fsp3) is 0.150. The van der Waals surface area contributed by atoms with Crippen molar-refractivity contribution in [1.82, 2.24) is 0 Å². The summed E-state index contributed by atoms with van der Waals surface area (Å²) in [6, 6.07) is 86.3. The maximum absolute atomic E-state index is 3.30. The standard InChI is InChI=1S/C80H68N4/c1-77(2)72-32-20-19-31-70(72)71-55-68(47-49-73(71)77)82(60-25-13-8-14-26-60)64-43-45-67(46-44-64)84(66-29-17-10-18-30-66)79(5)53-51-58(52-54-79)57-35-37-62(38-36-57)81(59-23-11-7-12-24-59)63-39-41-65(42-40-63)83(61-27-15-9-16-28-61)69-48-50-76-78(3,4)74-33-21-22-34-75(74)80(76,6)56-69/h7-20,23-53,55H,54,56H2,1-6H3. The van der Waals surface area contributed by atoms with Crippen LogP contribution in [0.3, 0.4) is 0 Å². The molecule has 0 amide bonds. The second-order valence-corrected chi connectivity index (χ2v) is 24.5. The topological polar surface area (TPSA) is 13.0 Å². The van der Waals surface area contributed by atoms with Gasteiger partial charge in [-0.15, -0.1) is 0 Å². The lowest BCUT2D eigenvalue weighted by molar-refractivity contribution is 0.419. The molecular weight excluding hydrogens is 1020 g/mol. The molecule has 0 aromatic heterocycles. The van der Waals surface area contributed by atoms with Gasteiger partial charge < -0.3 is 19.6 Å². The number of nitrogens with zero attached hydrogens (tertiary/aromatic N) is 4. The number of rotatable bonds is 13. The van der Waals surface area contributed by atoms with Crippen molar-refractivity contribution in [3.8, 4) is 11.1 Å². The lowest BCUT2D eigenvalue weighted by Gasteiger charge is -2.42. The third kappa shape index (κ3) is 8.86. The lowest BCUT2D eigenvalue weighted by atomic mass is 9.68. The van der Waals surface area contributed by atoms with Gasteiger partial charge >= 0.3 is 0 Å². The summed E-state index contributed by atoms with van der Waals surface area (Å²) in [5.74, 6) is 0. The molecule has 9 aromatic carbocycles. The van der Waals surface area contributed by atoms with Crippen LogP contribution in [0.2, 0.25) is 0 Å². The summed E-state index contributed by atoms with van der Waals surface area (Å²) in [7, 11) is 0. The molecule has 5 aliphatic carbocycles. The van der Waals surface area contributed by atoms with Gasteiger partial charge in [0.25, 0.3) is 0 Å². The largest absolute Gasteiger partial charge is 0.332 e. The van der Waals surface area contributed by atoms with E-state index in [0.29, 0.717) is 0 Å². The van der Waals surface area contributed by atoms with Crippen molar-refractivity contribution in [1.29, 1.82) is 0 Å². The normalized spacial score (nSPS) is 19.1. The van der Waals surface area contributed by atoms with Crippen LogP contribution in [0.4, 0.5) is 56.9 Å². The van der Waals surface area contributed by atoms with E-state index in [1.165, 1.54) is 55.8 Å². The molecule has 0 bridgehead atoms. The number of fused-ring (bicyclic) bond motifs is 5. The van der Waals surface area contributed by atoms with Crippen LogP contribution in [-0.4, -0.2) is 5.54 Å². The van der Waals surface area contributed by atoms with Crippen LogP contribution in [0.1, 0.15) is 71.1 Å². The second-order valence-electron chi connectivity index (χ2n) is 24.5. The minimum absolute atomic E-state index is 0.0569. The Hall–Kier alpha value is -9.82. The number of para-hydroxylation sites is 4. The van der Waals surface area contributed by atoms with E-state index in [9.17, 15) is 0 Å². The van der Waals surface area contributed by atoms with Crippen molar-refractivity contribution in [2.24, 2.45) is 10.8 Å². The molecule has 408 valence electrons. The van der Waals surface area contributed by atoms with Crippen LogP contribution in [-0.2, 0) is 5.41 Å². The number of hydrogen-bond acceptors (Lipinski definition) is 4. The van der Waals surface area contributed by atoms with Crippen molar-refractivity contribution >= 4 is 62.4 Å². The SMILES string of the molecule is CC1(C)C2=CC=C(N(c3ccccc3)c3ccc(N(c4ccccc4)c4ccc(C5=CCC(C)(N(c6ccccc6)c6ccc(N(c7ccccc7)c7ccc8c(c7)-c7ccccc7C8(C)C)cc6)C=C5)cc4)cc3)CC2(C)C2=C1C=C=C=C2. The van der Waals surface area contributed by atoms with Gasteiger partial charge in [-0.3, -0.25) is 0 Å². The first-order chi connectivity index (χ1) is 40.9. The molecule has 5 aliphatic rings. The van der Waals surface area contributed by atoms with Crippen LogP contribution >= 0.6 is 0 Å². The van der Waals surface area contributed by atoms with E-state index >= 15 is 0 Å². The monoisotopic (exact) mass is 1080 g/mol. The van der Waals surface area contributed by atoms with E-state index in [0.717, 1.165) is 69.7 Å². The van der Waals surface area contributed by atoms with E-state index in [1.807, 2.05) is 0 Å². The zero-order valence-electron chi connectivity index (χ0n) is 48.8. The number of benzene rings is 9. The Bertz CT molecular complexity index is 4260. The Morgan fingerprint density at radius 3 is 1.39 bits per heavy atom. The minimum Gasteiger partial charge on any atom is -0.332 e. The molecule has 0 aliphatic heterocycles. The Kier molecular flexibility index (Phi) is 12.8. The van der Waals surface area contributed by atoms with Crippen LogP contribution < -0.4 is 19.6 Å². The molecule has 2 unspecified atom stereocenters. The highest BCUT2D eigenvalue weighted by Crippen LogP contribution is 2.62. The summed E-state index contributed by atoms with van der Waals surface area (Å²) in [5, 5.41) is 0. The van der Waals surface area contributed by atoms with Gasteiger partial charge in [-0.1, -0.05) is 186 Å². The summed E-state index contributed by atoms with van der Waals surface area (Å²) in [5.41, 5.74) is 30.3. The summed E-state index contributed by atoms with van der Waals surface area (Å²) in [6.45, 7) is 14.2. The smallest absolute Gasteiger partial charge is 0.0643 e. The molecule has 0 saturated carbocycles. The summed E-state index contributed by atoms with van der Waals surface area (Å²) < 4.78 is 0. The van der Waals surface area contributed by atoms with Crippen molar-refractivity contribution in [3.05, 3.63) is 330 Å². The van der Waals surface area contributed by atoms with E-state index in [1.54, 1.807) is 0 Å². The first kappa shape index (κ1) is 52.3. The van der Waals surface area contributed by atoms with E-state index in [-0.39, 0.29) is 21.8 Å². The molecule has 84 heavy (non-hydrogen) atoms. The van der Waals surface area contributed by atoms with Gasteiger partial charge in [0.05, 0.1) is 5.54 Å².